The molecule has 0 radical (unpaired) electrons. The van der Waals surface area contributed by atoms with Gasteiger partial charge >= 0.3 is 12.4 Å². The fourth-order valence-electron chi connectivity index (χ4n) is 4.94. The molecule has 2 aromatic carbocycles. The molecule has 0 bridgehead atoms. The quantitative estimate of drug-likeness (QED) is 0.109. The van der Waals surface area contributed by atoms with E-state index in [4.69, 9.17) is 4.74 Å². The van der Waals surface area contributed by atoms with Crippen LogP contribution in [0.3, 0.4) is 0 Å². The molecule has 0 unspecified atom stereocenters. The van der Waals surface area contributed by atoms with Crippen molar-refractivity contribution in [1.29, 1.82) is 0 Å². The van der Waals surface area contributed by atoms with Gasteiger partial charge in [0.15, 0.2) is 0 Å². The molecule has 1 saturated heterocycles. The van der Waals surface area contributed by atoms with E-state index in [2.05, 4.69) is 15.3 Å². The Labute approximate surface area is 254 Å². The Balaban J connectivity index is 1.30. The zero-order valence-electron chi connectivity index (χ0n) is 23.5. The number of anilines is 2. The number of nitrogens with one attached hydrogen (secondary N) is 1. The van der Waals surface area contributed by atoms with Gasteiger partial charge in [0, 0.05) is 49.1 Å². The third kappa shape index (κ3) is 7.87. The van der Waals surface area contributed by atoms with E-state index in [1.807, 2.05) is 0 Å². The van der Waals surface area contributed by atoms with E-state index in [1.165, 1.54) is 31.4 Å². The molecule has 1 N–H and O–H groups in total. The summed E-state index contributed by atoms with van der Waals surface area (Å²) in [5.41, 5.74) is -1.25. The summed E-state index contributed by atoms with van der Waals surface area (Å²) < 4.78 is 98.9. The number of ether oxygens (including phenoxy) is 1. The summed E-state index contributed by atoms with van der Waals surface area (Å²) in [5, 5.41) is 2.34. The fourth-order valence-corrected chi connectivity index (χ4v) is 9.00. The first-order valence-electron chi connectivity index (χ1n) is 13.8. The summed E-state index contributed by atoms with van der Waals surface area (Å²) in [4.78, 5) is 22.6. The molecule has 7 nitrogen and oxygen atoms in total. The van der Waals surface area contributed by atoms with Gasteiger partial charge in [-0.05, 0) is 48.6 Å². The van der Waals surface area contributed by atoms with E-state index in [0.717, 1.165) is 31.1 Å². The first-order chi connectivity index (χ1) is 20.7. The second-order valence-corrected chi connectivity index (χ2v) is 15.2. The van der Waals surface area contributed by atoms with E-state index < -0.39 is 35.6 Å². The van der Waals surface area contributed by atoms with Crippen LogP contribution in [-0.4, -0.2) is 59.5 Å². The number of nitrogens with zero attached hydrogens (tertiary/aromatic N) is 3. The lowest BCUT2D eigenvalue weighted by Crippen LogP contribution is -2.40. The van der Waals surface area contributed by atoms with Crippen LogP contribution in [0.15, 0.2) is 53.7 Å². The molecule has 44 heavy (non-hydrogen) atoms. The molecule has 1 aromatic heterocycles. The molecule has 5 rings (SSSR count). The Bertz CT molecular complexity index is 1570. The van der Waals surface area contributed by atoms with Gasteiger partial charge in [0.1, 0.15) is 16.3 Å². The van der Waals surface area contributed by atoms with Crippen LogP contribution in [0, 0.1) is 5.92 Å². The average Bonchev–Trinajstić information content (AvgIpc) is 3.79. The number of alkyl halides is 6. The number of hydrogen-bond donors (Lipinski definition) is 1. The highest BCUT2D eigenvalue weighted by Crippen LogP contribution is 2.53. The van der Waals surface area contributed by atoms with Crippen molar-refractivity contribution < 1.29 is 40.4 Å². The van der Waals surface area contributed by atoms with Crippen molar-refractivity contribution in [2.75, 3.05) is 44.0 Å². The molecular formula is C29H29F6N4O3PS. The van der Waals surface area contributed by atoms with E-state index >= 15 is 0 Å². The van der Waals surface area contributed by atoms with Crippen molar-refractivity contribution in [3.63, 3.8) is 0 Å². The van der Waals surface area contributed by atoms with Crippen molar-refractivity contribution in [2.45, 2.75) is 36.0 Å². The van der Waals surface area contributed by atoms with Crippen molar-refractivity contribution >= 4 is 36.4 Å². The summed E-state index contributed by atoms with van der Waals surface area (Å²) in [6.07, 6.45) is -4.75. The van der Waals surface area contributed by atoms with Crippen LogP contribution in [-0.2, 0) is 22.7 Å². The van der Waals surface area contributed by atoms with Crippen molar-refractivity contribution in [2.24, 2.45) is 5.92 Å². The molecule has 2 aliphatic rings. The van der Waals surface area contributed by atoms with Gasteiger partial charge in [-0.2, -0.15) is 26.3 Å². The third-order valence-corrected chi connectivity index (χ3v) is 11.8. The van der Waals surface area contributed by atoms with Gasteiger partial charge in [-0.15, -0.1) is 11.8 Å². The normalized spacial score (nSPS) is 16.9. The average molecular weight is 659 g/mol. The lowest BCUT2D eigenvalue weighted by atomic mass is 10.1. The smallest absolute Gasteiger partial charge is 0.420 e. The van der Waals surface area contributed by atoms with Crippen LogP contribution in [0.4, 0.5) is 38.0 Å². The fraction of sp³-hybridized carbons (Fsp3) is 0.414. The predicted molar refractivity (Wildman–Crippen MR) is 155 cm³/mol. The number of benzene rings is 2. The number of aromatic nitrogens is 2. The Hall–Kier alpha value is -3.25. The number of carbonyl (C=O) groups excluding carboxylic acids is 1. The molecule has 1 saturated carbocycles. The number of thioether (sulfide) groups is 1. The van der Waals surface area contributed by atoms with Gasteiger partial charge in [-0.3, -0.25) is 4.79 Å². The number of halogens is 6. The summed E-state index contributed by atoms with van der Waals surface area (Å²) >= 11 is 0.630. The van der Waals surface area contributed by atoms with Gasteiger partial charge in [0.05, 0.1) is 25.5 Å². The van der Waals surface area contributed by atoms with E-state index in [9.17, 15) is 35.7 Å². The highest BCUT2D eigenvalue weighted by atomic mass is 32.2. The minimum atomic E-state index is -4.80. The SMILES string of the molecule is COc1cc(C(=O)N2CCP(=O)(CC3CC3)CC2)ccc1Nc1ncc(C(F)(F)F)c(SCc2cccc(C(F)(F)F)c2)n1. The van der Waals surface area contributed by atoms with Gasteiger partial charge in [0.25, 0.3) is 5.91 Å². The van der Waals surface area contributed by atoms with Crippen molar-refractivity contribution in [3.8, 4) is 5.75 Å². The number of carbonyl (C=O) groups is 1. The lowest BCUT2D eigenvalue weighted by molar-refractivity contribution is -0.140. The van der Waals surface area contributed by atoms with Gasteiger partial charge in [-0.1, -0.05) is 18.2 Å². The number of hydrogen-bond acceptors (Lipinski definition) is 7. The maximum Gasteiger partial charge on any atom is 0.420 e. The molecule has 1 aliphatic carbocycles. The molecule has 15 heteroatoms. The summed E-state index contributed by atoms with van der Waals surface area (Å²) in [7, 11) is -0.879. The Morgan fingerprint density at radius 1 is 1.07 bits per heavy atom. The standard InChI is InChI=1S/C29H29F6N4O3PS/c1-42-24-14-20(26(40)39-9-11-43(41,12-10-39)16-18-5-6-18)7-8-23(24)37-27-36-15-22(29(33,34)35)25(38-27)44-17-19-3-2-4-21(13-19)28(30,31)32/h2-4,7-8,13-15,18H,5-6,9-12,16-17H2,1H3,(H,36,37,38). The molecule has 2 fully saturated rings. The molecular weight excluding hydrogens is 629 g/mol. The van der Waals surface area contributed by atoms with Crippen LogP contribution >= 0.6 is 18.9 Å². The second kappa shape index (κ2) is 12.6. The van der Waals surface area contributed by atoms with E-state index in [-0.39, 0.29) is 34.6 Å². The van der Waals surface area contributed by atoms with Crippen LogP contribution in [0.2, 0.25) is 0 Å². The largest absolute Gasteiger partial charge is 0.495 e. The first-order valence-corrected chi connectivity index (χ1v) is 17.0. The van der Waals surface area contributed by atoms with Crippen LogP contribution in [0.1, 0.15) is 39.9 Å². The number of methoxy groups -OCH3 is 1. The number of rotatable bonds is 9. The minimum absolute atomic E-state index is 0.174. The molecule has 2 heterocycles. The van der Waals surface area contributed by atoms with Crippen LogP contribution in [0.25, 0.3) is 0 Å². The van der Waals surface area contributed by atoms with E-state index in [1.54, 1.807) is 11.0 Å². The Morgan fingerprint density at radius 2 is 1.80 bits per heavy atom. The zero-order valence-corrected chi connectivity index (χ0v) is 25.3. The number of amides is 1. The summed E-state index contributed by atoms with van der Waals surface area (Å²) in [6.45, 7) is 0.816. The monoisotopic (exact) mass is 658 g/mol. The Kier molecular flexibility index (Phi) is 9.23. The van der Waals surface area contributed by atoms with Crippen molar-refractivity contribution in [3.05, 3.63) is 70.9 Å². The van der Waals surface area contributed by atoms with Crippen molar-refractivity contribution in [1.82, 2.24) is 14.9 Å². The van der Waals surface area contributed by atoms with Crippen LogP contribution in [0.5, 0.6) is 5.75 Å². The first kappa shape index (κ1) is 32.2. The molecule has 3 aromatic rings. The third-order valence-electron chi connectivity index (χ3n) is 7.51. The van der Waals surface area contributed by atoms with Gasteiger partial charge < -0.3 is 19.5 Å². The highest BCUT2D eigenvalue weighted by molar-refractivity contribution is 7.98. The molecule has 0 atom stereocenters. The Morgan fingerprint density at radius 3 is 2.43 bits per heavy atom. The maximum absolute atomic E-state index is 13.7. The summed E-state index contributed by atoms with van der Waals surface area (Å²) in [5.74, 6) is 0.131. The highest BCUT2D eigenvalue weighted by Gasteiger charge is 2.37. The van der Waals surface area contributed by atoms with Gasteiger partial charge in [-0.25, -0.2) is 9.97 Å². The topological polar surface area (TPSA) is 84.4 Å². The molecule has 1 aliphatic heterocycles. The zero-order chi connectivity index (χ0) is 31.7. The maximum atomic E-state index is 13.7. The minimum Gasteiger partial charge on any atom is -0.495 e. The molecule has 1 amide bonds. The lowest BCUT2D eigenvalue weighted by Gasteiger charge is -2.32. The summed E-state index contributed by atoms with van der Waals surface area (Å²) in [6, 6.07) is 8.90. The predicted octanol–water partition coefficient (Wildman–Crippen LogP) is 7.79. The van der Waals surface area contributed by atoms with Crippen LogP contribution < -0.4 is 10.1 Å². The molecule has 236 valence electrons. The van der Waals surface area contributed by atoms with E-state index in [0.29, 0.717) is 54.9 Å². The molecule has 0 spiro atoms. The second-order valence-electron chi connectivity index (χ2n) is 10.9. The van der Waals surface area contributed by atoms with Gasteiger partial charge in [0.2, 0.25) is 5.95 Å².